The Morgan fingerprint density at radius 1 is 1.23 bits per heavy atom. The quantitative estimate of drug-likeness (QED) is 0.209. The molecule has 4 N–H and O–H groups in total. The molecule has 1 amide bonds. The number of nitrogens with two attached hydrogens (primary N) is 1. The summed E-state index contributed by atoms with van der Waals surface area (Å²) < 4.78 is 13.0. The second-order valence-electron chi connectivity index (χ2n) is 6.61. The van der Waals surface area contributed by atoms with Gasteiger partial charge in [-0.25, -0.2) is 4.39 Å². The number of aliphatic imine (C=N–C) groups is 1. The summed E-state index contributed by atoms with van der Waals surface area (Å²) in [5, 5.41) is 6.45. The van der Waals surface area contributed by atoms with E-state index in [1.807, 2.05) is 6.92 Å². The molecule has 0 fully saturated rings. The predicted molar refractivity (Wildman–Crippen MR) is 116 cm³/mol. The monoisotopic (exact) mass is 478 g/mol. The first-order valence-electron chi connectivity index (χ1n) is 8.98. The smallest absolute Gasteiger partial charge is 0.222 e. The fraction of sp³-hybridized carbons (Fsp3) is 0.579. The summed E-state index contributed by atoms with van der Waals surface area (Å²) in [6, 6.07) is 6.11. The molecule has 0 aromatic heterocycles. The maximum absolute atomic E-state index is 13.0. The summed E-state index contributed by atoms with van der Waals surface area (Å²) in [6.45, 7) is 8.28. The van der Waals surface area contributed by atoms with E-state index in [4.69, 9.17) is 5.73 Å². The van der Waals surface area contributed by atoms with Crippen molar-refractivity contribution in [3.63, 3.8) is 0 Å². The molecular formula is C19H32FIN4O. The Labute approximate surface area is 173 Å². The van der Waals surface area contributed by atoms with Gasteiger partial charge in [-0.05, 0) is 49.8 Å². The second-order valence-corrected chi connectivity index (χ2v) is 6.61. The van der Waals surface area contributed by atoms with Crippen LogP contribution < -0.4 is 16.4 Å². The summed E-state index contributed by atoms with van der Waals surface area (Å²) in [4.78, 5) is 16.2. The zero-order valence-corrected chi connectivity index (χ0v) is 18.3. The molecule has 0 heterocycles. The average Bonchev–Trinajstić information content (AvgIpc) is 2.56. The first kappa shape index (κ1) is 24.6. The van der Waals surface area contributed by atoms with Crippen LogP contribution in [0.3, 0.4) is 0 Å². The Balaban J connectivity index is 0.00000625. The minimum atomic E-state index is -0.420. The normalized spacial score (nSPS) is 12.4. The topological polar surface area (TPSA) is 79.5 Å². The molecule has 1 atom stereocenters. The number of rotatable bonds is 10. The van der Waals surface area contributed by atoms with Gasteiger partial charge < -0.3 is 16.4 Å². The van der Waals surface area contributed by atoms with Crippen LogP contribution >= 0.6 is 24.0 Å². The molecule has 0 aliphatic heterocycles. The third-order valence-corrected chi connectivity index (χ3v) is 3.86. The summed E-state index contributed by atoms with van der Waals surface area (Å²) >= 11 is 0. The van der Waals surface area contributed by atoms with E-state index >= 15 is 0 Å². The van der Waals surface area contributed by atoms with Gasteiger partial charge in [0, 0.05) is 13.1 Å². The standard InChI is InChI=1S/C19H31FN4O.HI/c1-4-22-19(23-11-5-6-14(2)3)24-13-16(18(21)25)12-15-7-9-17(20)10-8-15;/h7-10,14,16H,4-6,11-13H2,1-3H3,(H2,21,25)(H2,22,23,24);1H. The molecule has 0 saturated heterocycles. The number of benzene rings is 1. The molecule has 1 aromatic carbocycles. The van der Waals surface area contributed by atoms with E-state index in [0.717, 1.165) is 31.5 Å². The Bertz CT molecular complexity index is 549. The van der Waals surface area contributed by atoms with Crippen LogP contribution in [0.1, 0.15) is 39.2 Å². The van der Waals surface area contributed by atoms with E-state index in [1.165, 1.54) is 12.1 Å². The summed E-state index contributed by atoms with van der Waals surface area (Å²) in [7, 11) is 0. The van der Waals surface area contributed by atoms with Gasteiger partial charge in [0.15, 0.2) is 5.96 Å². The van der Waals surface area contributed by atoms with Gasteiger partial charge in [-0.2, -0.15) is 0 Å². The average molecular weight is 478 g/mol. The Morgan fingerprint density at radius 2 is 1.88 bits per heavy atom. The highest BCUT2D eigenvalue weighted by Crippen LogP contribution is 2.10. The van der Waals surface area contributed by atoms with Crippen LogP contribution in [-0.4, -0.2) is 31.5 Å². The number of hydrogen-bond donors (Lipinski definition) is 3. The molecule has 0 aliphatic rings. The highest BCUT2D eigenvalue weighted by atomic mass is 127. The van der Waals surface area contributed by atoms with Gasteiger partial charge in [-0.1, -0.05) is 26.0 Å². The molecule has 7 heteroatoms. The van der Waals surface area contributed by atoms with Crippen molar-refractivity contribution in [1.82, 2.24) is 10.6 Å². The molecule has 1 unspecified atom stereocenters. The molecular weight excluding hydrogens is 446 g/mol. The van der Waals surface area contributed by atoms with E-state index in [0.29, 0.717) is 24.8 Å². The Hall–Kier alpha value is -1.38. The van der Waals surface area contributed by atoms with E-state index in [-0.39, 0.29) is 29.8 Å². The number of hydrogen-bond acceptors (Lipinski definition) is 2. The van der Waals surface area contributed by atoms with Crippen molar-refractivity contribution >= 4 is 35.8 Å². The highest BCUT2D eigenvalue weighted by Gasteiger charge is 2.16. The van der Waals surface area contributed by atoms with E-state index in [1.54, 1.807) is 12.1 Å². The summed E-state index contributed by atoms with van der Waals surface area (Å²) in [6.07, 6.45) is 2.67. The summed E-state index contributed by atoms with van der Waals surface area (Å²) in [5.41, 5.74) is 6.38. The lowest BCUT2D eigenvalue weighted by Gasteiger charge is -2.15. The Morgan fingerprint density at radius 3 is 2.42 bits per heavy atom. The molecule has 1 aromatic rings. The molecule has 26 heavy (non-hydrogen) atoms. The molecule has 148 valence electrons. The predicted octanol–water partition coefficient (Wildman–Crippen LogP) is 3.08. The van der Waals surface area contributed by atoms with Crippen LogP contribution in [0.5, 0.6) is 0 Å². The van der Waals surface area contributed by atoms with Crippen LogP contribution in [0.2, 0.25) is 0 Å². The minimum absolute atomic E-state index is 0. The summed E-state index contributed by atoms with van der Waals surface area (Å²) in [5.74, 6) is 0.255. The van der Waals surface area contributed by atoms with Crippen LogP contribution in [0.15, 0.2) is 29.3 Å². The third-order valence-electron chi connectivity index (χ3n) is 3.86. The van der Waals surface area contributed by atoms with Crippen LogP contribution in [-0.2, 0) is 11.2 Å². The number of amides is 1. The van der Waals surface area contributed by atoms with Crippen molar-refractivity contribution in [2.45, 2.75) is 40.0 Å². The SMILES string of the molecule is CCNC(=NCC(Cc1ccc(F)cc1)C(N)=O)NCCCC(C)C.I. The highest BCUT2D eigenvalue weighted by molar-refractivity contribution is 14.0. The van der Waals surface area contributed by atoms with Gasteiger partial charge in [-0.3, -0.25) is 9.79 Å². The van der Waals surface area contributed by atoms with Crippen LogP contribution in [0, 0.1) is 17.7 Å². The third kappa shape index (κ3) is 10.6. The number of nitrogens with zero attached hydrogens (tertiary/aromatic N) is 1. The van der Waals surface area contributed by atoms with Gasteiger partial charge in [0.1, 0.15) is 5.82 Å². The number of primary amides is 1. The number of nitrogens with one attached hydrogen (secondary N) is 2. The lowest BCUT2D eigenvalue weighted by atomic mass is 9.99. The van der Waals surface area contributed by atoms with Crippen molar-refractivity contribution in [2.24, 2.45) is 22.6 Å². The lowest BCUT2D eigenvalue weighted by Crippen LogP contribution is -2.39. The number of halogens is 2. The molecule has 1 rings (SSSR count). The fourth-order valence-electron chi connectivity index (χ4n) is 2.42. The van der Waals surface area contributed by atoms with Crippen molar-refractivity contribution < 1.29 is 9.18 Å². The largest absolute Gasteiger partial charge is 0.369 e. The molecule has 5 nitrogen and oxygen atoms in total. The van der Waals surface area contributed by atoms with E-state index in [2.05, 4.69) is 29.5 Å². The van der Waals surface area contributed by atoms with Gasteiger partial charge in [0.25, 0.3) is 0 Å². The van der Waals surface area contributed by atoms with Gasteiger partial charge >= 0.3 is 0 Å². The van der Waals surface area contributed by atoms with Crippen molar-refractivity contribution in [3.05, 3.63) is 35.6 Å². The van der Waals surface area contributed by atoms with Crippen LogP contribution in [0.4, 0.5) is 4.39 Å². The molecule has 0 saturated carbocycles. The van der Waals surface area contributed by atoms with Crippen molar-refractivity contribution in [3.8, 4) is 0 Å². The van der Waals surface area contributed by atoms with Gasteiger partial charge in [0.2, 0.25) is 5.91 Å². The van der Waals surface area contributed by atoms with E-state index < -0.39 is 11.8 Å². The molecule has 0 bridgehead atoms. The first-order chi connectivity index (χ1) is 11.9. The number of guanidine groups is 1. The van der Waals surface area contributed by atoms with Gasteiger partial charge in [0.05, 0.1) is 12.5 Å². The first-order valence-corrected chi connectivity index (χ1v) is 8.98. The van der Waals surface area contributed by atoms with E-state index in [9.17, 15) is 9.18 Å². The molecule has 0 radical (unpaired) electrons. The van der Waals surface area contributed by atoms with Crippen LogP contribution in [0.25, 0.3) is 0 Å². The zero-order valence-electron chi connectivity index (χ0n) is 15.9. The Kier molecular flexibility index (Phi) is 13.0. The minimum Gasteiger partial charge on any atom is -0.369 e. The molecule has 0 spiro atoms. The zero-order chi connectivity index (χ0) is 18.7. The number of carbonyl (C=O) groups is 1. The molecule has 0 aliphatic carbocycles. The maximum atomic E-state index is 13.0. The fourth-order valence-corrected chi connectivity index (χ4v) is 2.42. The lowest BCUT2D eigenvalue weighted by molar-refractivity contribution is -0.121. The van der Waals surface area contributed by atoms with Crippen molar-refractivity contribution in [2.75, 3.05) is 19.6 Å². The van der Waals surface area contributed by atoms with Crippen molar-refractivity contribution in [1.29, 1.82) is 0 Å². The second kappa shape index (κ2) is 13.8. The van der Waals surface area contributed by atoms with Gasteiger partial charge in [-0.15, -0.1) is 24.0 Å². The maximum Gasteiger partial charge on any atom is 0.222 e. The number of carbonyl (C=O) groups excluding carboxylic acids is 1.